The maximum atomic E-state index is 12.6. The van der Waals surface area contributed by atoms with Crippen molar-refractivity contribution in [2.24, 2.45) is 0 Å². The van der Waals surface area contributed by atoms with E-state index in [9.17, 15) is 13.2 Å². The van der Waals surface area contributed by atoms with Crippen molar-refractivity contribution in [3.63, 3.8) is 0 Å². The highest BCUT2D eigenvalue weighted by molar-refractivity contribution is 7.92. The van der Waals surface area contributed by atoms with Crippen LogP contribution in [0, 0.1) is 0 Å². The normalized spacial score (nSPS) is 16.4. The molecule has 2 aromatic rings. The fourth-order valence-corrected chi connectivity index (χ4v) is 4.60. The van der Waals surface area contributed by atoms with E-state index < -0.39 is 15.1 Å². The number of hydrogen-bond donors (Lipinski definition) is 0. The Balaban J connectivity index is 1.61. The summed E-state index contributed by atoms with van der Waals surface area (Å²) < 4.78 is 26.8. The predicted molar refractivity (Wildman–Crippen MR) is 85.5 cm³/mol. The monoisotopic (exact) mass is 333 g/mol. The predicted octanol–water partition coefficient (Wildman–Crippen LogP) is 1.35. The van der Waals surface area contributed by atoms with E-state index in [1.165, 1.54) is 0 Å². The van der Waals surface area contributed by atoms with E-state index >= 15 is 0 Å². The van der Waals surface area contributed by atoms with E-state index in [-0.39, 0.29) is 12.5 Å². The van der Waals surface area contributed by atoms with Crippen LogP contribution in [0.5, 0.6) is 0 Å². The van der Waals surface area contributed by atoms with Crippen LogP contribution >= 0.6 is 0 Å². The van der Waals surface area contributed by atoms with E-state index in [1.807, 2.05) is 0 Å². The van der Waals surface area contributed by atoms with E-state index in [1.54, 1.807) is 58.4 Å². The number of likely N-dealkylation sites (tertiary alicyclic amines) is 1. The number of benzene rings is 1. The molecule has 1 aromatic heterocycles. The molecule has 0 saturated carbocycles. The van der Waals surface area contributed by atoms with Crippen molar-refractivity contribution in [1.82, 2.24) is 14.7 Å². The van der Waals surface area contributed by atoms with Crippen LogP contribution in [0.15, 0.2) is 53.7 Å². The first kappa shape index (κ1) is 15.7. The number of sulfone groups is 1. The smallest absolute Gasteiger partial charge is 0.244 e. The largest absolute Gasteiger partial charge is 0.341 e. The maximum Gasteiger partial charge on any atom is 0.244 e. The van der Waals surface area contributed by atoms with Gasteiger partial charge in [-0.1, -0.05) is 18.2 Å². The first-order valence-electron chi connectivity index (χ1n) is 7.61. The molecule has 3 rings (SSSR count). The first-order chi connectivity index (χ1) is 11.1. The summed E-state index contributed by atoms with van der Waals surface area (Å²) in [7, 11) is -3.32. The van der Waals surface area contributed by atoms with Gasteiger partial charge < -0.3 is 4.90 Å². The molecule has 7 heteroatoms. The van der Waals surface area contributed by atoms with Gasteiger partial charge in [-0.05, 0) is 31.0 Å². The number of piperidine rings is 1. The fourth-order valence-electron chi connectivity index (χ4n) is 2.85. The second kappa shape index (κ2) is 6.54. The number of aromatic nitrogens is 2. The van der Waals surface area contributed by atoms with Crippen LogP contribution in [0.25, 0.3) is 0 Å². The Bertz CT molecular complexity index is 749. The van der Waals surface area contributed by atoms with E-state index in [0.29, 0.717) is 30.8 Å². The van der Waals surface area contributed by atoms with Gasteiger partial charge in [0, 0.05) is 25.5 Å². The van der Waals surface area contributed by atoms with Gasteiger partial charge in [-0.25, -0.2) is 8.42 Å². The molecule has 1 amide bonds. The SMILES string of the molecule is O=C(Cn1cccn1)N1CCC(S(=O)(=O)c2ccccc2)CC1. The van der Waals surface area contributed by atoms with Gasteiger partial charge in [-0.3, -0.25) is 9.48 Å². The average molecular weight is 333 g/mol. The first-order valence-corrected chi connectivity index (χ1v) is 9.16. The molecule has 6 nitrogen and oxygen atoms in total. The van der Waals surface area contributed by atoms with Gasteiger partial charge in [-0.2, -0.15) is 5.10 Å². The molecular formula is C16H19N3O3S. The molecule has 0 bridgehead atoms. The highest BCUT2D eigenvalue weighted by Gasteiger charge is 2.32. The number of amides is 1. The Morgan fingerprint density at radius 1 is 1.13 bits per heavy atom. The standard InChI is InChI=1S/C16H19N3O3S/c20-16(13-19-10-4-9-17-19)18-11-7-15(8-12-18)23(21,22)14-5-2-1-3-6-14/h1-6,9-10,15H,7-8,11-13H2. The van der Waals surface area contributed by atoms with Crippen LogP contribution in [0.3, 0.4) is 0 Å². The minimum absolute atomic E-state index is 0.0238. The summed E-state index contributed by atoms with van der Waals surface area (Å²) in [6, 6.07) is 10.3. The zero-order valence-electron chi connectivity index (χ0n) is 12.7. The highest BCUT2D eigenvalue weighted by atomic mass is 32.2. The second-order valence-corrected chi connectivity index (χ2v) is 7.87. The summed E-state index contributed by atoms with van der Waals surface area (Å²) in [5.41, 5.74) is 0. The van der Waals surface area contributed by atoms with Crippen LogP contribution in [-0.4, -0.2) is 47.3 Å². The highest BCUT2D eigenvalue weighted by Crippen LogP contribution is 2.24. The number of rotatable bonds is 4. The fraction of sp³-hybridized carbons (Fsp3) is 0.375. The third-order valence-corrected chi connectivity index (χ3v) is 6.44. The van der Waals surface area contributed by atoms with Crippen LogP contribution < -0.4 is 0 Å². The molecule has 0 aliphatic carbocycles. The van der Waals surface area contributed by atoms with Gasteiger partial charge in [0.25, 0.3) is 0 Å². The van der Waals surface area contributed by atoms with Crippen LogP contribution in [0.2, 0.25) is 0 Å². The topological polar surface area (TPSA) is 72.3 Å². The number of nitrogens with zero attached hydrogens (tertiary/aromatic N) is 3. The number of hydrogen-bond acceptors (Lipinski definition) is 4. The average Bonchev–Trinajstić information content (AvgIpc) is 3.09. The summed E-state index contributed by atoms with van der Waals surface area (Å²) in [5, 5.41) is 3.60. The van der Waals surface area contributed by atoms with Crippen molar-refractivity contribution in [3.05, 3.63) is 48.8 Å². The van der Waals surface area contributed by atoms with Gasteiger partial charge in [0.1, 0.15) is 6.54 Å². The third kappa shape index (κ3) is 3.44. The lowest BCUT2D eigenvalue weighted by atomic mass is 10.1. The molecule has 0 spiro atoms. The minimum atomic E-state index is -3.32. The molecule has 0 unspecified atom stereocenters. The molecule has 0 N–H and O–H groups in total. The molecule has 1 aliphatic rings. The van der Waals surface area contributed by atoms with E-state index in [4.69, 9.17) is 0 Å². The molecule has 2 heterocycles. The van der Waals surface area contributed by atoms with Gasteiger partial charge >= 0.3 is 0 Å². The Kier molecular flexibility index (Phi) is 4.47. The molecule has 1 fully saturated rings. The summed E-state index contributed by atoms with van der Waals surface area (Å²) in [5.74, 6) is -0.0238. The number of carbonyl (C=O) groups is 1. The van der Waals surface area contributed by atoms with E-state index in [0.717, 1.165) is 0 Å². The zero-order chi connectivity index (χ0) is 16.3. The molecule has 1 aliphatic heterocycles. The molecule has 1 aromatic carbocycles. The molecule has 0 atom stereocenters. The van der Waals surface area contributed by atoms with Crippen molar-refractivity contribution in [2.45, 2.75) is 29.5 Å². The van der Waals surface area contributed by atoms with Crippen LogP contribution in [0.1, 0.15) is 12.8 Å². The van der Waals surface area contributed by atoms with Crippen molar-refractivity contribution in [2.75, 3.05) is 13.1 Å². The van der Waals surface area contributed by atoms with Crippen molar-refractivity contribution in [3.8, 4) is 0 Å². The summed E-state index contributed by atoms with van der Waals surface area (Å²) in [6.07, 6.45) is 4.32. The molecule has 23 heavy (non-hydrogen) atoms. The van der Waals surface area contributed by atoms with Crippen molar-refractivity contribution in [1.29, 1.82) is 0 Å². The summed E-state index contributed by atoms with van der Waals surface area (Å²) in [4.78, 5) is 14.3. The quantitative estimate of drug-likeness (QED) is 0.847. The minimum Gasteiger partial charge on any atom is -0.341 e. The molecule has 0 radical (unpaired) electrons. The van der Waals surface area contributed by atoms with Gasteiger partial charge in [0.05, 0.1) is 10.1 Å². The molecular weight excluding hydrogens is 314 g/mol. The van der Waals surface area contributed by atoms with Crippen molar-refractivity contribution >= 4 is 15.7 Å². The lowest BCUT2D eigenvalue weighted by Crippen LogP contribution is -2.43. The number of carbonyl (C=O) groups excluding carboxylic acids is 1. The lowest BCUT2D eigenvalue weighted by molar-refractivity contribution is -0.132. The Morgan fingerprint density at radius 2 is 1.83 bits per heavy atom. The maximum absolute atomic E-state index is 12.6. The second-order valence-electron chi connectivity index (χ2n) is 5.64. The summed E-state index contributed by atoms with van der Waals surface area (Å²) >= 11 is 0. The van der Waals surface area contributed by atoms with E-state index in [2.05, 4.69) is 5.10 Å². The summed E-state index contributed by atoms with van der Waals surface area (Å²) in [6.45, 7) is 1.14. The Hall–Kier alpha value is -2.15. The Labute approximate surface area is 135 Å². The van der Waals surface area contributed by atoms with Crippen molar-refractivity contribution < 1.29 is 13.2 Å². The van der Waals surface area contributed by atoms with Crippen LogP contribution in [-0.2, 0) is 21.2 Å². The molecule has 122 valence electrons. The third-order valence-electron chi connectivity index (χ3n) is 4.16. The zero-order valence-corrected chi connectivity index (χ0v) is 13.5. The Morgan fingerprint density at radius 3 is 2.43 bits per heavy atom. The van der Waals surface area contributed by atoms with Gasteiger partial charge in [-0.15, -0.1) is 0 Å². The van der Waals surface area contributed by atoms with Gasteiger partial charge in [0.2, 0.25) is 5.91 Å². The van der Waals surface area contributed by atoms with Crippen LogP contribution in [0.4, 0.5) is 0 Å². The molecule has 1 saturated heterocycles. The van der Waals surface area contributed by atoms with Gasteiger partial charge in [0.15, 0.2) is 9.84 Å². The lowest BCUT2D eigenvalue weighted by Gasteiger charge is -2.31.